The average Bonchev–Trinajstić information content (AvgIpc) is 2.87. The zero-order chi connectivity index (χ0) is 19.7. The number of carbonyl (C=O) groups is 1. The largest absolute Gasteiger partial charge is 0.507 e. The number of hydrogen-bond donors (Lipinski definition) is 2. The summed E-state index contributed by atoms with van der Waals surface area (Å²) in [5.41, 5.74) is 2.56. The molecule has 1 aromatic rings. The van der Waals surface area contributed by atoms with E-state index in [1.54, 1.807) is 11.8 Å². The number of phenols is 1. The van der Waals surface area contributed by atoms with Crippen LogP contribution < -0.4 is 0 Å². The summed E-state index contributed by atoms with van der Waals surface area (Å²) in [5, 5.41) is 19.9. The van der Waals surface area contributed by atoms with Crippen LogP contribution in [0.3, 0.4) is 0 Å². The number of aliphatic hydroxyl groups excluding tert-OH is 1. The van der Waals surface area contributed by atoms with Gasteiger partial charge in [0.15, 0.2) is 0 Å². The van der Waals surface area contributed by atoms with Crippen molar-refractivity contribution in [3.63, 3.8) is 0 Å². The van der Waals surface area contributed by atoms with Crippen LogP contribution >= 0.6 is 11.8 Å². The molecule has 4 nitrogen and oxygen atoms in total. The van der Waals surface area contributed by atoms with E-state index in [0.29, 0.717) is 24.5 Å². The monoisotopic (exact) mass is 379 g/mol. The summed E-state index contributed by atoms with van der Waals surface area (Å²) < 4.78 is 0. The van der Waals surface area contributed by atoms with Crippen molar-refractivity contribution in [2.24, 2.45) is 0 Å². The Morgan fingerprint density at radius 3 is 2.08 bits per heavy atom. The van der Waals surface area contributed by atoms with Crippen LogP contribution in [-0.2, 0) is 15.6 Å². The molecule has 0 aliphatic carbocycles. The normalized spacial score (nSPS) is 18.7. The molecule has 0 aromatic heterocycles. The van der Waals surface area contributed by atoms with Gasteiger partial charge in [-0.3, -0.25) is 4.79 Å². The van der Waals surface area contributed by atoms with Gasteiger partial charge in [-0.15, -0.1) is 11.8 Å². The molecule has 0 saturated carbocycles. The maximum absolute atomic E-state index is 12.4. The van der Waals surface area contributed by atoms with Crippen LogP contribution in [0.4, 0.5) is 0 Å². The first-order chi connectivity index (χ1) is 12.0. The minimum absolute atomic E-state index is 0.0241. The Balaban J connectivity index is 2.49. The fourth-order valence-corrected chi connectivity index (χ4v) is 4.51. The third-order valence-corrected chi connectivity index (χ3v) is 6.06. The SMILES string of the molecule is CC(C)(C)c1cc(C2SCC(=O)N2CCCCO)cc(C(C)(C)C)c1O. The van der Waals surface area contributed by atoms with Crippen molar-refractivity contribution in [3.05, 3.63) is 28.8 Å². The highest BCUT2D eigenvalue weighted by Crippen LogP contribution is 2.45. The van der Waals surface area contributed by atoms with E-state index in [1.807, 2.05) is 4.90 Å². The quantitative estimate of drug-likeness (QED) is 0.748. The van der Waals surface area contributed by atoms with Crippen LogP contribution in [0.5, 0.6) is 5.75 Å². The third-order valence-electron chi connectivity index (χ3n) is 4.81. The lowest BCUT2D eigenvalue weighted by molar-refractivity contribution is -0.128. The first-order valence-electron chi connectivity index (χ1n) is 9.36. The summed E-state index contributed by atoms with van der Waals surface area (Å²) >= 11 is 1.65. The summed E-state index contributed by atoms with van der Waals surface area (Å²) in [5.74, 6) is 1.01. The summed E-state index contributed by atoms with van der Waals surface area (Å²) in [6, 6.07) is 4.14. The van der Waals surface area contributed by atoms with Crippen LogP contribution in [0.1, 0.15) is 76.4 Å². The van der Waals surface area contributed by atoms with E-state index in [0.717, 1.165) is 23.1 Å². The van der Waals surface area contributed by atoms with Gasteiger partial charge in [-0.25, -0.2) is 0 Å². The molecule has 0 spiro atoms. The van der Waals surface area contributed by atoms with E-state index in [2.05, 4.69) is 53.7 Å². The minimum Gasteiger partial charge on any atom is -0.507 e. The molecule has 1 aliphatic rings. The molecule has 1 heterocycles. The molecule has 0 radical (unpaired) electrons. The number of aromatic hydroxyl groups is 1. The van der Waals surface area contributed by atoms with Gasteiger partial charge in [0.05, 0.1) is 5.75 Å². The van der Waals surface area contributed by atoms with Crippen LogP contribution in [0.2, 0.25) is 0 Å². The van der Waals surface area contributed by atoms with Gasteiger partial charge in [0, 0.05) is 13.2 Å². The predicted octanol–water partition coefficient (Wildman–Crippen LogP) is 4.33. The number of phenolic OH excluding ortho intramolecular Hbond substituents is 1. The van der Waals surface area contributed by atoms with E-state index in [9.17, 15) is 9.90 Å². The molecular weight excluding hydrogens is 346 g/mol. The van der Waals surface area contributed by atoms with Gasteiger partial charge in [-0.1, -0.05) is 41.5 Å². The molecular formula is C21H33NO3S. The molecule has 5 heteroatoms. The Hall–Kier alpha value is -1.20. The fourth-order valence-electron chi connectivity index (χ4n) is 3.31. The number of aliphatic hydroxyl groups is 1. The Kier molecular flexibility index (Phi) is 6.34. The Morgan fingerprint density at radius 1 is 1.08 bits per heavy atom. The second-order valence-electron chi connectivity index (χ2n) is 9.15. The molecule has 1 atom stereocenters. The fraction of sp³-hybridized carbons (Fsp3) is 0.667. The topological polar surface area (TPSA) is 60.8 Å². The number of benzene rings is 1. The second-order valence-corrected chi connectivity index (χ2v) is 10.2. The molecule has 1 saturated heterocycles. The van der Waals surface area contributed by atoms with Gasteiger partial charge >= 0.3 is 0 Å². The van der Waals surface area contributed by atoms with Crippen LogP contribution in [0.15, 0.2) is 12.1 Å². The lowest BCUT2D eigenvalue weighted by Gasteiger charge is -2.31. The Bertz CT molecular complexity index is 623. The van der Waals surface area contributed by atoms with Crippen molar-refractivity contribution in [3.8, 4) is 5.75 Å². The predicted molar refractivity (Wildman–Crippen MR) is 109 cm³/mol. The standard InChI is InChI=1S/C21H33NO3S/c1-20(2,3)15-11-14(12-16(18(15)25)21(4,5)6)19-22(9-7-8-10-23)17(24)13-26-19/h11-12,19,23,25H,7-10,13H2,1-6H3. The average molecular weight is 380 g/mol. The highest BCUT2D eigenvalue weighted by atomic mass is 32.2. The molecule has 1 amide bonds. The van der Waals surface area contributed by atoms with E-state index in [4.69, 9.17) is 5.11 Å². The van der Waals surface area contributed by atoms with Crippen molar-refractivity contribution in [2.75, 3.05) is 18.9 Å². The lowest BCUT2D eigenvalue weighted by Crippen LogP contribution is -2.30. The number of hydrogen-bond acceptors (Lipinski definition) is 4. The first kappa shape index (κ1) is 21.1. The van der Waals surface area contributed by atoms with Gasteiger partial charge in [0.1, 0.15) is 11.1 Å². The number of nitrogens with zero attached hydrogens (tertiary/aromatic N) is 1. The molecule has 2 N–H and O–H groups in total. The second kappa shape index (κ2) is 7.81. The van der Waals surface area contributed by atoms with Gasteiger partial charge < -0.3 is 15.1 Å². The van der Waals surface area contributed by atoms with Crippen molar-refractivity contribution in [2.45, 2.75) is 70.6 Å². The van der Waals surface area contributed by atoms with E-state index in [-0.39, 0.29) is 28.7 Å². The maximum atomic E-state index is 12.4. The summed E-state index contributed by atoms with van der Waals surface area (Å²) in [6.07, 6.45) is 1.51. The number of rotatable bonds is 5. The number of carbonyl (C=O) groups excluding carboxylic acids is 1. The van der Waals surface area contributed by atoms with Gasteiger partial charge in [0.25, 0.3) is 0 Å². The highest BCUT2D eigenvalue weighted by Gasteiger charge is 2.35. The first-order valence-corrected chi connectivity index (χ1v) is 10.4. The summed E-state index contributed by atoms with van der Waals surface area (Å²) in [6.45, 7) is 13.4. The molecule has 146 valence electrons. The molecule has 0 bridgehead atoms. The molecule has 1 fully saturated rings. The van der Waals surface area contributed by atoms with Crippen LogP contribution in [-0.4, -0.2) is 39.9 Å². The Morgan fingerprint density at radius 2 is 1.62 bits per heavy atom. The van der Waals surface area contributed by atoms with Crippen molar-refractivity contribution < 1.29 is 15.0 Å². The van der Waals surface area contributed by atoms with Gasteiger partial charge in [-0.05, 0) is 52.5 Å². The zero-order valence-electron chi connectivity index (χ0n) is 16.9. The molecule has 1 unspecified atom stereocenters. The lowest BCUT2D eigenvalue weighted by atomic mass is 9.78. The zero-order valence-corrected chi connectivity index (χ0v) is 17.7. The van der Waals surface area contributed by atoms with Gasteiger partial charge in [-0.2, -0.15) is 0 Å². The third kappa shape index (κ3) is 4.55. The summed E-state index contributed by atoms with van der Waals surface area (Å²) in [4.78, 5) is 14.3. The number of unbranched alkanes of at least 4 members (excludes halogenated alkanes) is 1. The molecule has 1 aliphatic heterocycles. The van der Waals surface area contributed by atoms with E-state index < -0.39 is 0 Å². The summed E-state index contributed by atoms with van der Waals surface area (Å²) in [7, 11) is 0. The van der Waals surface area contributed by atoms with E-state index >= 15 is 0 Å². The molecule has 26 heavy (non-hydrogen) atoms. The molecule has 2 rings (SSSR count). The molecule has 1 aromatic carbocycles. The van der Waals surface area contributed by atoms with Crippen molar-refractivity contribution in [1.82, 2.24) is 4.90 Å². The van der Waals surface area contributed by atoms with Crippen molar-refractivity contribution in [1.29, 1.82) is 0 Å². The van der Waals surface area contributed by atoms with E-state index in [1.165, 1.54) is 0 Å². The highest BCUT2D eigenvalue weighted by molar-refractivity contribution is 8.00. The smallest absolute Gasteiger partial charge is 0.233 e. The van der Waals surface area contributed by atoms with Crippen LogP contribution in [0, 0.1) is 0 Å². The minimum atomic E-state index is -0.185. The Labute approximate surface area is 162 Å². The number of amides is 1. The van der Waals surface area contributed by atoms with Crippen LogP contribution in [0.25, 0.3) is 0 Å². The van der Waals surface area contributed by atoms with Gasteiger partial charge in [0.2, 0.25) is 5.91 Å². The number of thioether (sulfide) groups is 1. The maximum Gasteiger partial charge on any atom is 0.233 e. The van der Waals surface area contributed by atoms with Crippen molar-refractivity contribution >= 4 is 17.7 Å².